The molecule has 0 bridgehead atoms. The summed E-state index contributed by atoms with van der Waals surface area (Å²) < 4.78 is 11.1. The predicted molar refractivity (Wildman–Crippen MR) is 151 cm³/mol. The number of ether oxygens (including phenoxy) is 2. The van der Waals surface area contributed by atoms with Crippen LogP contribution in [0.15, 0.2) is 42.3 Å². The molecule has 0 atom stereocenters. The lowest BCUT2D eigenvalue weighted by Crippen LogP contribution is -2.50. The van der Waals surface area contributed by atoms with Crippen LogP contribution in [0.4, 0.5) is 11.6 Å². The second-order valence-electron chi connectivity index (χ2n) is 10.2. The zero-order valence-electron chi connectivity index (χ0n) is 22.1. The number of nitrogens with two attached hydrogens (primary N) is 1. The second-order valence-corrected chi connectivity index (χ2v) is 10.6. The van der Waals surface area contributed by atoms with Gasteiger partial charge in [-0.3, -0.25) is 0 Å². The molecule has 37 heavy (non-hydrogen) atoms. The Kier molecular flexibility index (Phi) is 10.0. The molecule has 1 saturated heterocycles. The van der Waals surface area contributed by atoms with Crippen molar-refractivity contribution in [3.8, 4) is 11.3 Å². The van der Waals surface area contributed by atoms with Crippen molar-refractivity contribution in [2.45, 2.75) is 70.0 Å². The van der Waals surface area contributed by atoms with Crippen LogP contribution in [0, 0.1) is 0 Å². The minimum atomic E-state index is -0.269. The average Bonchev–Trinajstić information content (AvgIpc) is 2.92. The van der Waals surface area contributed by atoms with E-state index in [4.69, 9.17) is 31.8 Å². The maximum atomic E-state index is 6.55. The Morgan fingerprint density at radius 3 is 2.70 bits per heavy atom. The van der Waals surface area contributed by atoms with Crippen molar-refractivity contribution in [2.75, 3.05) is 43.5 Å². The van der Waals surface area contributed by atoms with E-state index in [0.717, 1.165) is 73.7 Å². The Hall–Kier alpha value is -2.39. The highest BCUT2D eigenvalue weighted by atomic mass is 35.5. The van der Waals surface area contributed by atoms with Crippen LogP contribution in [0.1, 0.15) is 52.4 Å². The zero-order valence-corrected chi connectivity index (χ0v) is 22.8. The van der Waals surface area contributed by atoms with Crippen molar-refractivity contribution >= 4 is 23.2 Å². The number of halogens is 1. The van der Waals surface area contributed by atoms with Crippen molar-refractivity contribution in [1.29, 1.82) is 0 Å². The third-order valence-electron chi connectivity index (χ3n) is 7.34. The maximum Gasteiger partial charge on any atom is 0.126 e. The van der Waals surface area contributed by atoms with Crippen LogP contribution < -0.4 is 21.7 Å². The van der Waals surface area contributed by atoms with Crippen LogP contribution in [-0.2, 0) is 9.47 Å². The molecule has 0 spiro atoms. The van der Waals surface area contributed by atoms with Gasteiger partial charge >= 0.3 is 0 Å². The fourth-order valence-corrected chi connectivity index (χ4v) is 5.03. The van der Waals surface area contributed by atoms with Gasteiger partial charge in [0.05, 0.1) is 16.5 Å². The summed E-state index contributed by atoms with van der Waals surface area (Å²) in [5.74, 6) is 2.59. The molecule has 1 saturated carbocycles. The number of anilines is 2. The van der Waals surface area contributed by atoms with Gasteiger partial charge in [-0.1, -0.05) is 23.7 Å². The number of allylic oxidation sites excluding steroid dienone is 2. The highest BCUT2D eigenvalue weighted by molar-refractivity contribution is 6.33. The normalized spacial score (nSPS) is 21.9. The van der Waals surface area contributed by atoms with Crippen LogP contribution in [-0.4, -0.2) is 60.5 Å². The summed E-state index contributed by atoms with van der Waals surface area (Å²) in [5, 5.41) is 11.2. The van der Waals surface area contributed by atoms with E-state index in [2.05, 4.69) is 20.9 Å². The number of pyridine rings is 2. The van der Waals surface area contributed by atoms with Gasteiger partial charge < -0.3 is 31.2 Å². The molecule has 8 nitrogen and oxygen atoms in total. The molecule has 202 valence electrons. The summed E-state index contributed by atoms with van der Waals surface area (Å²) in [6.07, 6.45) is 9.82. The Bertz CT molecular complexity index is 1040. The van der Waals surface area contributed by atoms with Gasteiger partial charge in [0.1, 0.15) is 18.2 Å². The number of hydrogen-bond acceptors (Lipinski definition) is 8. The number of nitrogens with zero attached hydrogens (tertiary/aromatic N) is 2. The second kappa shape index (κ2) is 13.4. The summed E-state index contributed by atoms with van der Waals surface area (Å²) in [7, 11) is 0. The Balaban J connectivity index is 1.30. The molecule has 2 fully saturated rings. The summed E-state index contributed by atoms with van der Waals surface area (Å²) in [6.45, 7) is 7.63. The number of hydrogen-bond donors (Lipinski definition) is 4. The van der Waals surface area contributed by atoms with E-state index in [1.54, 1.807) is 6.20 Å². The quantitative estimate of drug-likeness (QED) is 0.239. The third kappa shape index (κ3) is 8.30. The van der Waals surface area contributed by atoms with Gasteiger partial charge in [0.15, 0.2) is 0 Å². The molecule has 3 heterocycles. The van der Waals surface area contributed by atoms with Crippen LogP contribution >= 0.6 is 11.6 Å². The van der Waals surface area contributed by atoms with Gasteiger partial charge in [-0.05, 0) is 70.6 Å². The molecule has 1 aliphatic heterocycles. The van der Waals surface area contributed by atoms with Crippen molar-refractivity contribution in [3.05, 3.63) is 47.3 Å². The fraction of sp³-hybridized carbons (Fsp3) is 0.571. The van der Waals surface area contributed by atoms with Gasteiger partial charge in [-0.2, -0.15) is 0 Å². The smallest absolute Gasteiger partial charge is 0.126 e. The third-order valence-corrected chi connectivity index (χ3v) is 7.64. The van der Waals surface area contributed by atoms with Crippen LogP contribution in [0.25, 0.3) is 11.3 Å². The first-order chi connectivity index (χ1) is 17.9. The van der Waals surface area contributed by atoms with Gasteiger partial charge in [-0.25, -0.2) is 9.97 Å². The number of rotatable bonds is 11. The molecule has 5 N–H and O–H groups in total. The topological polar surface area (TPSA) is 106 Å². The maximum absolute atomic E-state index is 6.55. The van der Waals surface area contributed by atoms with Gasteiger partial charge in [-0.15, -0.1) is 0 Å². The summed E-state index contributed by atoms with van der Waals surface area (Å²) in [4.78, 5) is 9.35. The first-order valence-corrected chi connectivity index (χ1v) is 13.8. The van der Waals surface area contributed by atoms with E-state index < -0.39 is 0 Å². The fourth-order valence-electron chi connectivity index (χ4n) is 4.83. The highest BCUT2D eigenvalue weighted by Crippen LogP contribution is 2.30. The van der Waals surface area contributed by atoms with E-state index in [-0.39, 0.29) is 5.54 Å². The molecule has 0 aromatic carbocycles. The largest absolute Gasteiger partial charge is 0.497 e. The van der Waals surface area contributed by atoms with Gasteiger partial charge in [0, 0.05) is 55.7 Å². The summed E-state index contributed by atoms with van der Waals surface area (Å²) >= 11 is 6.55. The molecule has 1 aliphatic carbocycles. The molecule has 0 radical (unpaired) electrons. The summed E-state index contributed by atoms with van der Waals surface area (Å²) in [6, 6.07) is 8.85. The zero-order chi connectivity index (χ0) is 26.1. The SMILES string of the molecule is C/C=C(\C)OCCNC1CCC(Nc2cc(-c3cccc(NCC4(N)CCOCC4)n3)c(Cl)cn2)CC1. The van der Waals surface area contributed by atoms with Crippen molar-refractivity contribution in [1.82, 2.24) is 15.3 Å². The van der Waals surface area contributed by atoms with Gasteiger partial charge in [0.2, 0.25) is 0 Å². The lowest BCUT2D eigenvalue weighted by molar-refractivity contribution is 0.0574. The van der Waals surface area contributed by atoms with E-state index in [1.807, 2.05) is 44.2 Å². The predicted octanol–water partition coefficient (Wildman–Crippen LogP) is 4.97. The molecule has 2 aromatic rings. The highest BCUT2D eigenvalue weighted by Gasteiger charge is 2.28. The molecular weight excluding hydrogens is 488 g/mol. The van der Waals surface area contributed by atoms with Crippen molar-refractivity contribution in [2.24, 2.45) is 5.73 Å². The molecule has 4 rings (SSSR count). The first kappa shape index (κ1) is 27.6. The molecule has 2 aromatic heterocycles. The lowest BCUT2D eigenvalue weighted by atomic mass is 9.91. The molecule has 0 amide bonds. The van der Waals surface area contributed by atoms with Crippen molar-refractivity contribution < 1.29 is 9.47 Å². The van der Waals surface area contributed by atoms with E-state index in [0.29, 0.717) is 43.5 Å². The average molecular weight is 529 g/mol. The minimum Gasteiger partial charge on any atom is -0.497 e. The van der Waals surface area contributed by atoms with E-state index in [1.165, 1.54) is 0 Å². The Morgan fingerprint density at radius 2 is 1.95 bits per heavy atom. The number of nitrogens with one attached hydrogen (secondary N) is 3. The molecule has 9 heteroatoms. The van der Waals surface area contributed by atoms with E-state index >= 15 is 0 Å². The standard InChI is InChI=1S/C28H41ClN6O2/c1-3-20(2)37-16-13-31-21-7-9-22(10-8-21)34-27-17-23(24(29)18-32-27)25-5-4-6-26(35-25)33-19-28(30)11-14-36-15-12-28/h3-6,17-18,21-22,31H,7-16,19,30H2,1-2H3,(H,32,34)(H,33,35)/b20-3+. The molecule has 2 aliphatic rings. The number of aromatic nitrogens is 2. The minimum absolute atomic E-state index is 0.269. The van der Waals surface area contributed by atoms with Crippen LogP contribution in [0.2, 0.25) is 5.02 Å². The Morgan fingerprint density at radius 1 is 1.19 bits per heavy atom. The molecular formula is C28H41ClN6O2. The Labute approximate surface area is 225 Å². The van der Waals surface area contributed by atoms with Crippen LogP contribution in [0.3, 0.4) is 0 Å². The van der Waals surface area contributed by atoms with Gasteiger partial charge in [0.25, 0.3) is 0 Å². The van der Waals surface area contributed by atoms with E-state index in [9.17, 15) is 0 Å². The molecule has 0 unspecified atom stereocenters. The lowest BCUT2D eigenvalue weighted by Gasteiger charge is -2.33. The summed E-state index contributed by atoms with van der Waals surface area (Å²) in [5.41, 5.74) is 7.93. The first-order valence-electron chi connectivity index (χ1n) is 13.4. The van der Waals surface area contributed by atoms with Crippen LogP contribution in [0.5, 0.6) is 0 Å². The monoisotopic (exact) mass is 528 g/mol. The van der Waals surface area contributed by atoms with Crippen molar-refractivity contribution in [3.63, 3.8) is 0 Å².